The molecule has 0 aromatic heterocycles. The number of aliphatic hydroxyl groups is 1. The minimum Gasteiger partial charge on any atom is -0.390 e. The zero-order valence-corrected chi connectivity index (χ0v) is 8.57. The molecule has 15 heavy (non-hydrogen) atoms. The van der Waals surface area contributed by atoms with Gasteiger partial charge in [0.25, 0.3) is 0 Å². The lowest BCUT2D eigenvalue weighted by molar-refractivity contribution is -0.153. The molecule has 0 aromatic carbocycles. The van der Waals surface area contributed by atoms with E-state index in [9.17, 15) is 5.11 Å². The van der Waals surface area contributed by atoms with E-state index in [0.717, 1.165) is 0 Å². The molecule has 1 fully saturated rings. The molecule has 6 heteroatoms. The summed E-state index contributed by atoms with van der Waals surface area (Å²) in [6.45, 7) is 3.57. The fraction of sp³-hybridized carbons (Fsp3) is 0.778. The Bertz CT molecular complexity index is 335. The lowest BCUT2D eigenvalue weighted by atomic mass is 9.95. The molecule has 1 N–H and O–H groups in total. The van der Waals surface area contributed by atoms with Crippen LogP contribution in [0.2, 0.25) is 0 Å². The first-order chi connectivity index (χ1) is 7.03. The predicted molar refractivity (Wildman–Crippen MR) is 51.9 cm³/mol. The molecule has 0 aromatic rings. The van der Waals surface area contributed by atoms with Crippen molar-refractivity contribution < 1.29 is 14.6 Å². The van der Waals surface area contributed by atoms with Crippen molar-refractivity contribution in [3.8, 4) is 0 Å². The van der Waals surface area contributed by atoms with Crippen molar-refractivity contribution in [1.82, 2.24) is 0 Å². The SMILES string of the molecule is CC1(C)O[C@H]2[C@@H](O)[C@@H](N=[N+]=[N-])C=C[C@@H]2O1. The van der Waals surface area contributed by atoms with Crippen molar-refractivity contribution in [3.05, 3.63) is 22.6 Å². The number of hydrogen-bond acceptors (Lipinski definition) is 4. The minimum absolute atomic E-state index is 0.264. The van der Waals surface area contributed by atoms with E-state index in [-0.39, 0.29) is 6.10 Å². The van der Waals surface area contributed by atoms with Crippen LogP contribution >= 0.6 is 0 Å². The van der Waals surface area contributed by atoms with Gasteiger partial charge in [0, 0.05) is 4.91 Å². The Balaban J connectivity index is 2.20. The molecular weight excluding hydrogens is 198 g/mol. The predicted octanol–water partition coefficient (Wildman–Crippen LogP) is 1.12. The first-order valence-electron chi connectivity index (χ1n) is 4.80. The fourth-order valence-corrected chi connectivity index (χ4v) is 1.93. The van der Waals surface area contributed by atoms with Crippen LogP contribution in [0, 0.1) is 0 Å². The number of azide groups is 1. The molecule has 4 atom stereocenters. The smallest absolute Gasteiger partial charge is 0.164 e. The minimum atomic E-state index is -0.849. The Morgan fingerprint density at radius 1 is 1.40 bits per heavy atom. The Kier molecular flexibility index (Phi) is 2.44. The van der Waals surface area contributed by atoms with Gasteiger partial charge in [0.2, 0.25) is 0 Å². The van der Waals surface area contributed by atoms with Crippen LogP contribution in [-0.2, 0) is 9.47 Å². The summed E-state index contributed by atoms with van der Waals surface area (Å²) < 4.78 is 11.1. The summed E-state index contributed by atoms with van der Waals surface area (Å²) in [4.78, 5) is 2.68. The van der Waals surface area contributed by atoms with Gasteiger partial charge < -0.3 is 14.6 Å². The number of ether oxygens (including phenoxy) is 2. The number of nitrogens with zero attached hydrogens (tertiary/aromatic N) is 3. The standard InChI is InChI=1S/C9H13N3O3/c1-9(2)14-6-4-3-5(11-12-10)7(13)8(6)15-9/h3-8,13H,1-2H3/t5-,6-,7-,8+/m0/s1. The first-order valence-corrected chi connectivity index (χ1v) is 4.80. The monoisotopic (exact) mass is 211 g/mol. The summed E-state index contributed by atoms with van der Waals surface area (Å²) in [7, 11) is 0. The number of aliphatic hydroxyl groups excluding tert-OH is 1. The van der Waals surface area contributed by atoms with Gasteiger partial charge in [-0.1, -0.05) is 17.3 Å². The maximum Gasteiger partial charge on any atom is 0.164 e. The summed E-state index contributed by atoms with van der Waals surface area (Å²) in [6, 6.07) is -0.575. The zero-order chi connectivity index (χ0) is 11.1. The van der Waals surface area contributed by atoms with Crippen molar-refractivity contribution in [2.24, 2.45) is 5.11 Å². The van der Waals surface area contributed by atoms with Gasteiger partial charge in [0.1, 0.15) is 12.2 Å². The van der Waals surface area contributed by atoms with Crippen molar-refractivity contribution >= 4 is 0 Å². The summed E-state index contributed by atoms with van der Waals surface area (Å²) in [5, 5.41) is 13.4. The molecule has 1 saturated heterocycles. The average Bonchev–Trinajstić information content (AvgIpc) is 2.46. The Morgan fingerprint density at radius 3 is 2.80 bits per heavy atom. The van der Waals surface area contributed by atoms with Crippen LogP contribution in [-0.4, -0.2) is 35.2 Å². The fourth-order valence-electron chi connectivity index (χ4n) is 1.93. The van der Waals surface area contributed by atoms with Gasteiger partial charge in [-0.2, -0.15) is 0 Å². The molecule has 1 heterocycles. The second kappa shape index (κ2) is 3.50. The van der Waals surface area contributed by atoms with Crippen LogP contribution in [0.15, 0.2) is 17.3 Å². The van der Waals surface area contributed by atoms with E-state index in [4.69, 9.17) is 15.0 Å². The third kappa shape index (κ3) is 1.85. The summed E-state index contributed by atoms with van der Waals surface area (Å²) >= 11 is 0. The van der Waals surface area contributed by atoms with E-state index in [1.165, 1.54) is 0 Å². The highest BCUT2D eigenvalue weighted by molar-refractivity contribution is 5.14. The van der Waals surface area contributed by atoms with E-state index in [1.54, 1.807) is 26.0 Å². The highest BCUT2D eigenvalue weighted by atomic mass is 16.8. The van der Waals surface area contributed by atoms with Gasteiger partial charge in [-0.15, -0.1) is 0 Å². The molecule has 82 valence electrons. The lowest BCUT2D eigenvalue weighted by Gasteiger charge is -2.27. The number of hydrogen-bond donors (Lipinski definition) is 1. The van der Waals surface area contributed by atoms with Gasteiger partial charge in [-0.3, -0.25) is 0 Å². The summed E-state index contributed by atoms with van der Waals surface area (Å²) in [6.07, 6.45) is 1.85. The molecule has 2 rings (SSSR count). The van der Waals surface area contributed by atoms with Gasteiger partial charge in [-0.25, -0.2) is 0 Å². The molecule has 0 bridgehead atoms. The van der Waals surface area contributed by atoms with Crippen LogP contribution in [0.4, 0.5) is 0 Å². The maximum atomic E-state index is 9.88. The van der Waals surface area contributed by atoms with Crippen LogP contribution in [0.1, 0.15) is 13.8 Å². The number of rotatable bonds is 1. The normalized spacial score (nSPS) is 42.1. The van der Waals surface area contributed by atoms with E-state index in [0.29, 0.717) is 0 Å². The highest BCUT2D eigenvalue weighted by Crippen LogP contribution is 2.34. The zero-order valence-electron chi connectivity index (χ0n) is 8.57. The quantitative estimate of drug-likeness (QED) is 0.305. The molecule has 1 aliphatic carbocycles. The summed E-state index contributed by atoms with van der Waals surface area (Å²) in [5.74, 6) is -0.702. The third-order valence-corrected chi connectivity index (χ3v) is 2.53. The highest BCUT2D eigenvalue weighted by Gasteiger charge is 2.47. The third-order valence-electron chi connectivity index (χ3n) is 2.53. The molecule has 6 nitrogen and oxygen atoms in total. The van der Waals surface area contributed by atoms with E-state index in [1.807, 2.05) is 0 Å². The van der Waals surface area contributed by atoms with Gasteiger partial charge in [0.05, 0.1) is 12.1 Å². The van der Waals surface area contributed by atoms with Crippen molar-refractivity contribution in [3.63, 3.8) is 0 Å². The molecule has 1 aliphatic heterocycles. The Hall–Kier alpha value is -1.07. The van der Waals surface area contributed by atoms with Gasteiger partial charge in [-0.05, 0) is 19.4 Å². The lowest BCUT2D eigenvalue weighted by Crippen LogP contribution is -2.44. The molecule has 0 radical (unpaired) electrons. The molecular formula is C9H13N3O3. The van der Waals surface area contributed by atoms with Crippen LogP contribution in [0.5, 0.6) is 0 Å². The Morgan fingerprint density at radius 2 is 2.13 bits per heavy atom. The topological polar surface area (TPSA) is 87.5 Å². The van der Waals surface area contributed by atoms with Crippen molar-refractivity contribution in [2.45, 2.75) is 44.0 Å². The van der Waals surface area contributed by atoms with Crippen molar-refractivity contribution in [1.29, 1.82) is 0 Å². The van der Waals surface area contributed by atoms with E-state index in [2.05, 4.69) is 10.0 Å². The Labute approximate surface area is 87.1 Å². The largest absolute Gasteiger partial charge is 0.390 e. The van der Waals surface area contributed by atoms with Crippen LogP contribution < -0.4 is 0 Å². The summed E-state index contributed by atoms with van der Waals surface area (Å²) in [5.41, 5.74) is 8.32. The van der Waals surface area contributed by atoms with Gasteiger partial charge in [0.15, 0.2) is 5.79 Å². The van der Waals surface area contributed by atoms with Gasteiger partial charge >= 0.3 is 0 Å². The molecule has 0 spiro atoms. The van der Waals surface area contributed by atoms with Crippen molar-refractivity contribution in [2.75, 3.05) is 0 Å². The molecule has 2 aliphatic rings. The maximum absolute atomic E-state index is 9.88. The second-order valence-electron chi connectivity index (χ2n) is 4.14. The van der Waals surface area contributed by atoms with Crippen LogP contribution in [0.25, 0.3) is 10.4 Å². The molecule has 0 saturated carbocycles. The molecule has 0 amide bonds. The first kappa shape index (κ1) is 10.4. The van der Waals surface area contributed by atoms with E-state index >= 15 is 0 Å². The van der Waals surface area contributed by atoms with Crippen LogP contribution in [0.3, 0.4) is 0 Å². The number of fused-ring (bicyclic) bond motifs is 1. The van der Waals surface area contributed by atoms with E-state index < -0.39 is 24.0 Å². The average molecular weight is 211 g/mol. The second-order valence-corrected chi connectivity index (χ2v) is 4.14. The molecule has 0 unspecified atom stereocenters.